The minimum atomic E-state index is -0.424. The number of nitrogen functional groups attached to an aromatic ring is 1. The summed E-state index contributed by atoms with van der Waals surface area (Å²) in [6, 6.07) is 14.7. The second-order valence-corrected chi connectivity index (χ2v) is 8.33. The van der Waals surface area contributed by atoms with Crippen LogP contribution in [0, 0.1) is 5.41 Å². The van der Waals surface area contributed by atoms with Crippen LogP contribution in [0.1, 0.15) is 34.0 Å². The Balaban J connectivity index is 1.83. The first-order chi connectivity index (χ1) is 17.9. The number of ether oxygens (including phenoxy) is 3. The van der Waals surface area contributed by atoms with Crippen LogP contribution < -0.4 is 20.9 Å². The maximum absolute atomic E-state index is 12.9. The molecule has 37 heavy (non-hydrogen) atoms. The molecule has 11 nitrogen and oxygen atoms in total. The van der Waals surface area contributed by atoms with E-state index in [4.69, 9.17) is 25.4 Å². The van der Waals surface area contributed by atoms with Gasteiger partial charge in [-0.3, -0.25) is 10.4 Å². The average molecular weight is 504 g/mol. The lowest BCUT2D eigenvalue weighted by molar-refractivity contribution is 0.201. The predicted octanol–water partition coefficient (Wildman–Crippen LogP) is 2.22. The van der Waals surface area contributed by atoms with Crippen molar-refractivity contribution in [2.75, 3.05) is 27.9 Å². The van der Waals surface area contributed by atoms with E-state index in [2.05, 4.69) is 20.3 Å². The molecule has 0 radical (unpaired) electrons. The molecule has 0 amide bonds. The van der Waals surface area contributed by atoms with Crippen LogP contribution in [0.25, 0.3) is 5.82 Å². The van der Waals surface area contributed by atoms with Crippen LogP contribution in [0.5, 0.6) is 11.5 Å². The summed E-state index contributed by atoms with van der Waals surface area (Å²) in [7, 11) is 4.83. The van der Waals surface area contributed by atoms with Crippen molar-refractivity contribution in [3.8, 4) is 17.3 Å². The second-order valence-electron chi connectivity index (χ2n) is 8.33. The van der Waals surface area contributed by atoms with Gasteiger partial charge < -0.3 is 19.9 Å². The molecule has 0 aliphatic rings. The number of benzene rings is 2. The molecule has 2 aromatic heterocycles. The maximum atomic E-state index is 12.9. The lowest BCUT2D eigenvalue weighted by atomic mass is 9.89. The van der Waals surface area contributed by atoms with Gasteiger partial charge in [0.15, 0.2) is 17.3 Å². The first-order valence-corrected chi connectivity index (χ1v) is 11.6. The van der Waals surface area contributed by atoms with Crippen molar-refractivity contribution in [3.63, 3.8) is 0 Å². The minimum absolute atomic E-state index is 0.00202. The molecule has 4 N–H and O–H groups in total. The molecule has 0 bridgehead atoms. The van der Waals surface area contributed by atoms with Crippen LogP contribution >= 0.6 is 0 Å². The van der Waals surface area contributed by atoms with Crippen LogP contribution in [0.15, 0.2) is 59.5 Å². The van der Waals surface area contributed by atoms with Crippen LogP contribution in [0.3, 0.4) is 0 Å². The zero-order valence-electron chi connectivity index (χ0n) is 20.9. The van der Waals surface area contributed by atoms with E-state index in [1.54, 1.807) is 45.6 Å². The summed E-state index contributed by atoms with van der Waals surface area (Å²) in [5.41, 5.74) is 8.58. The summed E-state index contributed by atoms with van der Waals surface area (Å²) >= 11 is 0. The number of aromatic nitrogens is 5. The topological polar surface area (TPSA) is 154 Å². The Morgan fingerprint density at radius 3 is 2.54 bits per heavy atom. The highest BCUT2D eigenvalue weighted by atomic mass is 16.5. The van der Waals surface area contributed by atoms with Crippen LogP contribution in [-0.2, 0) is 17.6 Å². The maximum Gasteiger partial charge on any atom is 0.349 e. The van der Waals surface area contributed by atoms with Gasteiger partial charge in [0.25, 0.3) is 0 Å². The Morgan fingerprint density at radius 2 is 1.92 bits per heavy atom. The number of aromatic amines is 1. The molecule has 192 valence electrons. The Morgan fingerprint density at radius 1 is 1.14 bits per heavy atom. The highest BCUT2D eigenvalue weighted by Crippen LogP contribution is 2.37. The van der Waals surface area contributed by atoms with Gasteiger partial charge in [0, 0.05) is 30.4 Å². The lowest BCUT2D eigenvalue weighted by Gasteiger charge is -2.20. The van der Waals surface area contributed by atoms with Crippen LogP contribution in [0.4, 0.5) is 0 Å². The van der Waals surface area contributed by atoms with Gasteiger partial charge in [0.2, 0.25) is 0 Å². The molecular weight excluding hydrogens is 474 g/mol. The zero-order valence-corrected chi connectivity index (χ0v) is 20.9. The van der Waals surface area contributed by atoms with E-state index in [0.717, 1.165) is 16.7 Å². The molecule has 4 aromatic rings. The Hall–Kier alpha value is -4.51. The molecule has 0 aliphatic carbocycles. The summed E-state index contributed by atoms with van der Waals surface area (Å²) in [4.78, 5) is 15.8. The lowest BCUT2D eigenvalue weighted by Crippen LogP contribution is -2.17. The van der Waals surface area contributed by atoms with E-state index in [1.807, 2.05) is 24.3 Å². The quantitative estimate of drug-likeness (QED) is 0.208. The third-order valence-electron chi connectivity index (χ3n) is 6.00. The summed E-state index contributed by atoms with van der Waals surface area (Å²) in [5.74, 6) is 1.61. The first-order valence-electron chi connectivity index (χ1n) is 11.6. The number of rotatable bonds is 11. The number of nitrogens with zero attached hydrogens (tertiary/aromatic N) is 4. The van der Waals surface area contributed by atoms with E-state index >= 15 is 0 Å². The zero-order chi connectivity index (χ0) is 26.4. The highest BCUT2D eigenvalue weighted by Gasteiger charge is 2.24. The van der Waals surface area contributed by atoms with Gasteiger partial charge in [0.1, 0.15) is 11.7 Å². The molecule has 0 aliphatic heterocycles. The molecule has 0 saturated carbocycles. The Labute approximate surface area is 213 Å². The molecule has 11 heteroatoms. The summed E-state index contributed by atoms with van der Waals surface area (Å²) in [5, 5.41) is 20.1. The molecule has 0 saturated heterocycles. The third kappa shape index (κ3) is 5.67. The molecule has 2 aromatic carbocycles. The standard InChI is InChI=1S/C26H29N7O4/c1-35-12-10-18-14-19(15-21(36-2)23(18)37-3)20(13-16-6-8-17(9-7-16)24(27)28)25-30-26(34)33(32-25)22-5-4-11-29-31-22/h4-9,11,14-15,20H,10,12-13H2,1-3H3,(H3,27,28)(H,30,32,34). The van der Waals surface area contributed by atoms with E-state index in [0.29, 0.717) is 48.2 Å². The van der Waals surface area contributed by atoms with E-state index < -0.39 is 5.69 Å². The van der Waals surface area contributed by atoms with Gasteiger partial charge >= 0.3 is 5.69 Å². The molecule has 0 fully saturated rings. The van der Waals surface area contributed by atoms with Gasteiger partial charge in [-0.05, 0) is 42.2 Å². The SMILES string of the molecule is COCCc1cc(C(Cc2ccc(C(=N)N)cc2)c2nn(-c3cccnn3)c(=O)[nH]2)cc(OC)c1OC. The number of hydrogen-bond acceptors (Lipinski definition) is 8. The van der Waals surface area contributed by atoms with Gasteiger partial charge in [-0.25, -0.2) is 4.79 Å². The number of methoxy groups -OCH3 is 3. The van der Waals surface area contributed by atoms with Crippen molar-refractivity contribution in [1.29, 1.82) is 5.41 Å². The van der Waals surface area contributed by atoms with Crippen LogP contribution in [-0.4, -0.2) is 58.7 Å². The Kier molecular flexibility index (Phi) is 7.94. The minimum Gasteiger partial charge on any atom is -0.493 e. The molecule has 4 rings (SSSR count). The smallest absolute Gasteiger partial charge is 0.349 e. The van der Waals surface area contributed by atoms with E-state index in [-0.39, 0.29) is 11.8 Å². The van der Waals surface area contributed by atoms with Gasteiger partial charge in [0.05, 0.1) is 20.8 Å². The number of nitrogens with one attached hydrogen (secondary N) is 2. The largest absolute Gasteiger partial charge is 0.493 e. The monoisotopic (exact) mass is 503 g/mol. The fourth-order valence-electron chi connectivity index (χ4n) is 4.15. The Bertz CT molecular complexity index is 1420. The van der Waals surface area contributed by atoms with Gasteiger partial charge in [-0.1, -0.05) is 30.3 Å². The van der Waals surface area contributed by atoms with Crippen molar-refractivity contribution >= 4 is 5.84 Å². The second kappa shape index (κ2) is 11.5. The normalized spacial score (nSPS) is 11.8. The predicted molar refractivity (Wildman–Crippen MR) is 138 cm³/mol. The van der Waals surface area contributed by atoms with Crippen LogP contribution in [0.2, 0.25) is 0 Å². The number of H-pyrrole nitrogens is 1. The molecule has 2 heterocycles. The molecule has 0 spiro atoms. The fraction of sp³-hybridized carbons (Fsp3) is 0.269. The third-order valence-corrected chi connectivity index (χ3v) is 6.00. The van der Waals surface area contributed by atoms with E-state index in [9.17, 15) is 4.79 Å². The van der Waals surface area contributed by atoms with E-state index in [1.165, 1.54) is 10.9 Å². The van der Waals surface area contributed by atoms with Crippen molar-refractivity contribution in [2.24, 2.45) is 5.73 Å². The number of nitrogens with two attached hydrogens (primary N) is 1. The van der Waals surface area contributed by atoms with Crippen molar-refractivity contribution in [3.05, 3.63) is 93.3 Å². The highest BCUT2D eigenvalue weighted by molar-refractivity contribution is 5.94. The van der Waals surface area contributed by atoms with Crippen molar-refractivity contribution in [1.82, 2.24) is 25.0 Å². The number of hydrogen-bond donors (Lipinski definition) is 3. The first kappa shape index (κ1) is 25.6. The summed E-state index contributed by atoms with van der Waals surface area (Å²) in [6.45, 7) is 0.498. The summed E-state index contributed by atoms with van der Waals surface area (Å²) in [6.07, 6.45) is 2.64. The van der Waals surface area contributed by atoms with Gasteiger partial charge in [-0.15, -0.1) is 10.2 Å². The average Bonchev–Trinajstić information content (AvgIpc) is 3.31. The molecular formula is C26H29N7O4. The van der Waals surface area contributed by atoms with Gasteiger partial charge in [-0.2, -0.15) is 9.78 Å². The molecule has 1 atom stereocenters. The number of amidine groups is 1. The van der Waals surface area contributed by atoms with Crippen molar-refractivity contribution < 1.29 is 14.2 Å². The summed E-state index contributed by atoms with van der Waals surface area (Å²) < 4.78 is 17.8. The molecule has 1 unspecified atom stereocenters. The van der Waals surface area contributed by atoms with Crippen molar-refractivity contribution in [2.45, 2.75) is 18.8 Å². The fourth-order valence-corrected chi connectivity index (χ4v) is 4.15.